The number of benzene rings is 2. The number of aromatic nitrogens is 1. The number of nitrogens with one attached hydrogen (secondary N) is 2. The van der Waals surface area contributed by atoms with Crippen LogP contribution in [-0.4, -0.2) is 56.8 Å². The van der Waals surface area contributed by atoms with Gasteiger partial charge in [0, 0.05) is 68.0 Å². The van der Waals surface area contributed by atoms with Gasteiger partial charge in [0.25, 0.3) is 0 Å². The topological polar surface area (TPSA) is 89.8 Å². The second-order valence-corrected chi connectivity index (χ2v) is 9.55. The van der Waals surface area contributed by atoms with E-state index in [9.17, 15) is 0 Å². The molecule has 1 atom stereocenters. The van der Waals surface area contributed by atoms with Gasteiger partial charge in [-0.1, -0.05) is 48.2 Å². The summed E-state index contributed by atoms with van der Waals surface area (Å²) in [4.78, 5) is 7.13. The molecule has 9 heteroatoms. The summed E-state index contributed by atoms with van der Waals surface area (Å²) in [5, 5.41) is 17.7. The van der Waals surface area contributed by atoms with Gasteiger partial charge in [-0.3, -0.25) is 5.26 Å². The average Bonchev–Trinajstić information content (AvgIpc) is 3.30. The number of aromatic amines is 1. The zero-order valence-electron chi connectivity index (χ0n) is 22.7. The maximum absolute atomic E-state index is 7.38. The first-order valence-corrected chi connectivity index (χ1v) is 13.7. The minimum Gasteiger partial charge on any atom is -0.650 e. The van der Waals surface area contributed by atoms with Crippen LogP contribution in [-0.2, 0) is 48.8 Å². The molecule has 0 saturated carbocycles. The first-order chi connectivity index (χ1) is 18.2. The summed E-state index contributed by atoms with van der Waals surface area (Å²) in [5.41, 5.74) is 4.87. The second kappa shape index (κ2) is 19.1. The van der Waals surface area contributed by atoms with Crippen LogP contribution < -0.4 is 10.1 Å². The average molecular weight is 620 g/mol. The molecule has 2 heterocycles. The number of hydrogen-bond donors (Lipinski definition) is 3. The van der Waals surface area contributed by atoms with Gasteiger partial charge in [0.1, 0.15) is 5.75 Å². The zero-order chi connectivity index (χ0) is 26.3. The third-order valence-corrected chi connectivity index (χ3v) is 6.63. The van der Waals surface area contributed by atoms with Crippen LogP contribution in [0.4, 0.5) is 0 Å². The van der Waals surface area contributed by atoms with Crippen molar-refractivity contribution >= 4 is 22.5 Å². The zero-order valence-corrected chi connectivity index (χ0v) is 26.3. The predicted molar refractivity (Wildman–Crippen MR) is 151 cm³/mol. The molecule has 1 radical (unpaired) electrons. The van der Waals surface area contributed by atoms with E-state index in [1.54, 1.807) is 14.0 Å². The molecule has 38 heavy (non-hydrogen) atoms. The van der Waals surface area contributed by atoms with Crippen molar-refractivity contribution in [2.75, 3.05) is 46.6 Å². The van der Waals surface area contributed by atoms with Crippen LogP contribution in [0.5, 0.6) is 5.75 Å². The Morgan fingerprint density at radius 2 is 1.76 bits per heavy atom. The monoisotopic (exact) mass is 619 g/mol. The van der Waals surface area contributed by atoms with E-state index >= 15 is 0 Å². The van der Waals surface area contributed by atoms with Crippen molar-refractivity contribution in [2.24, 2.45) is 0 Å². The van der Waals surface area contributed by atoms with Crippen molar-refractivity contribution in [3.8, 4) is 5.75 Å². The standard InChI is InChI=1S/C27H35ClN3O2.C2H6O2.Y/c1-32-17-6-15-29-14-4-2-3-5-18-33-22-10-7-20(8-11-22)26-27-23(13-16-30-26)24-19-21(28)9-12-25(24)31-27;1-2-4-3;/h7-12,19,26,29,31H,2-6,13-18H2,1H3;3H,2H2,1H3;/q-1;;. The predicted octanol–water partition coefficient (Wildman–Crippen LogP) is 6.90. The molecule has 1 unspecified atom stereocenters. The van der Waals surface area contributed by atoms with E-state index in [2.05, 4.69) is 51.6 Å². The number of rotatable bonds is 14. The van der Waals surface area contributed by atoms with E-state index < -0.39 is 0 Å². The molecule has 3 N–H and O–H groups in total. The number of H-pyrrole nitrogens is 1. The third-order valence-electron chi connectivity index (χ3n) is 6.39. The Balaban J connectivity index is 0.000000947. The Labute approximate surface area is 257 Å². The van der Waals surface area contributed by atoms with Crippen molar-refractivity contribution < 1.29 is 52.3 Å². The molecule has 1 aliphatic rings. The minimum atomic E-state index is 0. The molecule has 0 spiro atoms. The molecule has 1 aromatic heterocycles. The van der Waals surface area contributed by atoms with Crippen LogP contribution in [0.1, 0.15) is 61.9 Å². The van der Waals surface area contributed by atoms with Gasteiger partial charge in [0.2, 0.25) is 0 Å². The largest absolute Gasteiger partial charge is 0.650 e. The Morgan fingerprint density at radius 3 is 2.50 bits per heavy atom. The first kappa shape index (κ1) is 33.2. The van der Waals surface area contributed by atoms with Gasteiger partial charge in [-0.15, -0.1) is 6.54 Å². The molecule has 2 aromatic carbocycles. The van der Waals surface area contributed by atoms with Gasteiger partial charge < -0.3 is 25.1 Å². The first-order valence-electron chi connectivity index (χ1n) is 13.3. The van der Waals surface area contributed by atoms with Crippen molar-refractivity contribution in [2.45, 2.75) is 51.5 Å². The van der Waals surface area contributed by atoms with Crippen LogP contribution in [0.25, 0.3) is 16.2 Å². The number of fused-ring (bicyclic) bond motifs is 3. The van der Waals surface area contributed by atoms with Gasteiger partial charge in [-0.05, 0) is 81.6 Å². The van der Waals surface area contributed by atoms with Gasteiger partial charge in [-0.25, -0.2) is 4.89 Å². The van der Waals surface area contributed by atoms with E-state index in [1.807, 2.05) is 6.07 Å². The fourth-order valence-electron chi connectivity index (χ4n) is 4.52. The van der Waals surface area contributed by atoms with Crippen LogP contribution in [0, 0.1) is 0 Å². The third kappa shape index (κ3) is 10.5. The van der Waals surface area contributed by atoms with Crippen LogP contribution in [0.2, 0.25) is 5.02 Å². The van der Waals surface area contributed by atoms with E-state index in [-0.39, 0.29) is 38.8 Å². The minimum absolute atomic E-state index is 0. The molecule has 0 bridgehead atoms. The molecule has 7 nitrogen and oxygen atoms in total. The summed E-state index contributed by atoms with van der Waals surface area (Å²) >= 11 is 6.24. The summed E-state index contributed by atoms with van der Waals surface area (Å²) in [6, 6.07) is 14.5. The molecule has 0 amide bonds. The van der Waals surface area contributed by atoms with E-state index in [0.717, 1.165) is 68.4 Å². The fraction of sp³-hybridized carbons (Fsp3) is 0.517. The Hall–Kier alpha value is -1.03. The fourth-order valence-corrected chi connectivity index (χ4v) is 4.69. The van der Waals surface area contributed by atoms with E-state index in [0.29, 0.717) is 6.61 Å². The van der Waals surface area contributed by atoms with Crippen molar-refractivity contribution in [3.05, 3.63) is 69.6 Å². The van der Waals surface area contributed by atoms with Gasteiger partial charge in [0.15, 0.2) is 0 Å². The van der Waals surface area contributed by atoms with Crippen LogP contribution >= 0.6 is 11.6 Å². The molecule has 0 fully saturated rings. The number of ether oxygens (including phenoxy) is 2. The molecule has 1 aliphatic heterocycles. The number of hydrogen-bond acceptors (Lipinski definition) is 5. The maximum atomic E-state index is 7.38. The molecule has 4 rings (SSSR count). The molecule has 3 aromatic rings. The SMILES string of the molecule is CCOO.COCCCNCCCCCCOc1ccc(C2[N-]CCc3c2[nH]c2ccc(Cl)cc32)cc1.[Y]. The normalized spacial score (nSPS) is 14.4. The smallest absolute Gasteiger partial charge is 0.119 e. The second-order valence-electron chi connectivity index (χ2n) is 9.11. The van der Waals surface area contributed by atoms with Gasteiger partial charge in [-0.2, -0.15) is 0 Å². The molecular weight excluding hydrogens is 579 g/mol. The Morgan fingerprint density at radius 1 is 1.03 bits per heavy atom. The van der Waals surface area contributed by atoms with Crippen molar-refractivity contribution in [3.63, 3.8) is 0 Å². The maximum Gasteiger partial charge on any atom is 0.119 e. The number of unbranched alkanes of at least 4 members (excludes halogenated alkanes) is 3. The number of halogens is 1. The number of methoxy groups -OCH3 is 1. The van der Waals surface area contributed by atoms with E-state index in [4.69, 9.17) is 31.6 Å². The van der Waals surface area contributed by atoms with E-state index in [1.165, 1.54) is 41.5 Å². The summed E-state index contributed by atoms with van der Waals surface area (Å²) in [6.07, 6.45) is 6.78. The van der Waals surface area contributed by atoms with Crippen molar-refractivity contribution in [1.29, 1.82) is 0 Å². The molecule has 0 aliphatic carbocycles. The van der Waals surface area contributed by atoms with Crippen molar-refractivity contribution in [1.82, 2.24) is 10.3 Å². The van der Waals surface area contributed by atoms with Crippen LogP contribution in [0.3, 0.4) is 0 Å². The molecule has 0 saturated heterocycles. The Bertz CT molecular complexity index is 1050. The summed E-state index contributed by atoms with van der Waals surface area (Å²) in [5.74, 6) is 0.929. The Kier molecular flexibility index (Phi) is 16.7. The summed E-state index contributed by atoms with van der Waals surface area (Å²) < 4.78 is 11.0. The van der Waals surface area contributed by atoms with Gasteiger partial charge >= 0.3 is 0 Å². The molecule has 207 valence electrons. The van der Waals surface area contributed by atoms with Crippen LogP contribution in [0.15, 0.2) is 42.5 Å². The summed E-state index contributed by atoms with van der Waals surface area (Å²) in [6.45, 7) is 6.64. The summed E-state index contributed by atoms with van der Waals surface area (Å²) in [7, 11) is 1.75. The molecular formula is C29H41ClN3O4Y-. The quantitative estimate of drug-likeness (QED) is 0.104. The van der Waals surface area contributed by atoms with Gasteiger partial charge in [0.05, 0.1) is 13.2 Å². The number of nitrogens with zero attached hydrogens (tertiary/aromatic N) is 1.